The molecule has 4 nitrogen and oxygen atoms in total. The van der Waals surface area contributed by atoms with Crippen LogP contribution in [-0.4, -0.2) is 24.1 Å². The molecular weight excluding hydrogens is 388 g/mol. The van der Waals surface area contributed by atoms with Crippen LogP contribution < -0.4 is 9.47 Å². The lowest BCUT2D eigenvalue weighted by Gasteiger charge is -2.09. The predicted octanol–water partition coefficient (Wildman–Crippen LogP) is 6.25. The van der Waals surface area contributed by atoms with Crippen molar-refractivity contribution in [1.82, 2.24) is 0 Å². The van der Waals surface area contributed by atoms with E-state index in [4.69, 9.17) is 9.47 Å². The second-order valence-corrected chi connectivity index (χ2v) is 7.32. The largest absolute Gasteiger partial charge is 0.504 e. The quantitative estimate of drug-likeness (QED) is 0.269. The summed E-state index contributed by atoms with van der Waals surface area (Å²) in [6.45, 7) is 3.93. The molecule has 0 fully saturated rings. The third kappa shape index (κ3) is 6.34. The van der Waals surface area contributed by atoms with Crippen LogP contribution in [0.5, 0.6) is 17.2 Å². The topological polar surface area (TPSA) is 55.8 Å². The molecule has 0 saturated heterocycles. The smallest absolute Gasteiger partial charge is 0.185 e. The number of rotatable bonds is 8. The van der Waals surface area contributed by atoms with Crippen LogP contribution in [0.15, 0.2) is 72.8 Å². The van der Waals surface area contributed by atoms with E-state index in [1.165, 1.54) is 7.11 Å². The number of ketones is 1. The average molecular weight is 415 g/mol. The first-order chi connectivity index (χ1) is 14.9. The van der Waals surface area contributed by atoms with Crippen LogP contribution in [0, 0.1) is 0 Å². The van der Waals surface area contributed by atoms with E-state index < -0.39 is 0 Å². The van der Waals surface area contributed by atoms with Gasteiger partial charge in [0.2, 0.25) is 0 Å². The summed E-state index contributed by atoms with van der Waals surface area (Å²) < 4.78 is 10.7. The Kier molecular flexibility index (Phi) is 7.28. The number of ether oxygens (including phenoxy) is 2. The maximum absolute atomic E-state index is 12.4. The van der Waals surface area contributed by atoms with Crippen LogP contribution in [-0.2, 0) is 0 Å². The Morgan fingerprint density at radius 3 is 2.03 bits per heavy atom. The summed E-state index contributed by atoms with van der Waals surface area (Å²) >= 11 is 0. The van der Waals surface area contributed by atoms with Crippen LogP contribution in [0.2, 0.25) is 0 Å². The standard InChI is InChI=1S/C27H26O4/c1-19(2)31-24-14-12-23(13-15-24)25(28)16-10-21-6-4-20(5-7-21)8-9-22-11-17-26(29)27(18-22)30-3/h4-19,29H,1-3H3/b9-8+,16-10+. The van der Waals surface area contributed by atoms with E-state index in [9.17, 15) is 9.90 Å². The van der Waals surface area contributed by atoms with Gasteiger partial charge in [-0.25, -0.2) is 0 Å². The minimum absolute atomic E-state index is 0.0543. The molecule has 0 aliphatic rings. The molecule has 1 N–H and O–H groups in total. The van der Waals surface area contributed by atoms with Crippen molar-refractivity contribution in [2.75, 3.05) is 7.11 Å². The molecular formula is C27H26O4. The van der Waals surface area contributed by atoms with Crippen LogP contribution in [0.4, 0.5) is 0 Å². The molecule has 3 aromatic rings. The number of allylic oxidation sites excluding steroid dienone is 1. The number of hydrogen-bond donors (Lipinski definition) is 1. The average Bonchev–Trinajstić information content (AvgIpc) is 2.77. The van der Waals surface area contributed by atoms with Crippen molar-refractivity contribution < 1.29 is 19.4 Å². The van der Waals surface area contributed by atoms with Crippen molar-refractivity contribution in [3.05, 3.63) is 95.1 Å². The van der Waals surface area contributed by atoms with Gasteiger partial charge in [-0.2, -0.15) is 0 Å². The van der Waals surface area contributed by atoms with Gasteiger partial charge in [-0.1, -0.05) is 48.6 Å². The molecule has 158 valence electrons. The summed E-state index contributed by atoms with van der Waals surface area (Å²) in [5.74, 6) is 1.26. The maximum atomic E-state index is 12.4. The lowest BCUT2D eigenvalue weighted by atomic mass is 10.1. The van der Waals surface area contributed by atoms with Crippen molar-refractivity contribution in [3.8, 4) is 17.2 Å². The molecule has 0 aliphatic carbocycles. The summed E-state index contributed by atoms with van der Waals surface area (Å²) in [7, 11) is 1.52. The minimum atomic E-state index is -0.0543. The Bertz CT molecular complexity index is 1080. The fourth-order valence-electron chi connectivity index (χ4n) is 2.95. The lowest BCUT2D eigenvalue weighted by Crippen LogP contribution is -2.05. The Balaban J connectivity index is 1.62. The van der Waals surface area contributed by atoms with E-state index in [2.05, 4.69) is 0 Å². The summed E-state index contributed by atoms with van der Waals surface area (Å²) in [5.41, 5.74) is 3.51. The highest BCUT2D eigenvalue weighted by Gasteiger charge is 2.04. The summed E-state index contributed by atoms with van der Waals surface area (Å²) in [6.07, 6.45) is 7.41. The van der Waals surface area contributed by atoms with Crippen molar-refractivity contribution in [1.29, 1.82) is 0 Å². The second kappa shape index (κ2) is 10.3. The van der Waals surface area contributed by atoms with Gasteiger partial charge >= 0.3 is 0 Å². The zero-order valence-corrected chi connectivity index (χ0v) is 17.9. The molecule has 4 heteroatoms. The summed E-state index contributed by atoms with van der Waals surface area (Å²) in [5, 5.41) is 9.67. The van der Waals surface area contributed by atoms with Crippen LogP contribution in [0.1, 0.15) is 40.9 Å². The zero-order valence-electron chi connectivity index (χ0n) is 17.9. The molecule has 0 bridgehead atoms. The molecule has 0 atom stereocenters. The fraction of sp³-hybridized carbons (Fsp3) is 0.148. The van der Waals surface area contributed by atoms with Gasteiger partial charge in [-0.05, 0) is 73.0 Å². The SMILES string of the molecule is COc1cc(/C=C/c2ccc(/C=C/C(=O)c3ccc(OC(C)C)cc3)cc2)ccc1O. The molecule has 0 aromatic heterocycles. The highest BCUT2D eigenvalue weighted by atomic mass is 16.5. The van der Waals surface area contributed by atoms with E-state index in [1.807, 2.05) is 68.5 Å². The third-order valence-corrected chi connectivity index (χ3v) is 4.55. The van der Waals surface area contributed by atoms with Gasteiger partial charge in [0, 0.05) is 5.56 Å². The minimum Gasteiger partial charge on any atom is -0.504 e. The monoisotopic (exact) mass is 414 g/mol. The van der Waals surface area contributed by atoms with Crippen molar-refractivity contribution in [2.45, 2.75) is 20.0 Å². The normalized spacial score (nSPS) is 11.4. The van der Waals surface area contributed by atoms with Gasteiger partial charge in [-0.15, -0.1) is 0 Å². The number of benzene rings is 3. The predicted molar refractivity (Wildman–Crippen MR) is 126 cm³/mol. The van der Waals surface area contributed by atoms with Gasteiger partial charge in [0.1, 0.15) is 5.75 Å². The molecule has 0 saturated carbocycles. The number of aromatic hydroxyl groups is 1. The van der Waals surface area contributed by atoms with E-state index in [1.54, 1.807) is 36.4 Å². The highest BCUT2D eigenvalue weighted by Crippen LogP contribution is 2.27. The first-order valence-corrected chi connectivity index (χ1v) is 10.1. The Morgan fingerprint density at radius 1 is 0.839 bits per heavy atom. The molecule has 0 unspecified atom stereocenters. The van der Waals surface area contributed by atoms with Gasteiger partial charge in [0.25, 0.3) is 0 Å². The molecule has 0 radical (unpaired) electrons. The molecule has 0 heterocycles. The Morgan fingerprint density at radius 2 is 1.42 bits per heavy atom. The fourth-order valence-corrected chi connectivity index (χ4v) is 2.95. The molecule has 31 heavy (non-hydrogen) atoms. The molecule has 0 amide bonds. The van der Waals surface area contributed by atoms with Crippen LogP contribution in [0.3, 0.4) is 0 Å². The third-order valence-electron chi connectivity index (χ3n) is 4.55. The van der Waals surface area contributed by atoms with Gasteiger partial charge in [0.15, 0.2) is 17.3 Å². The maximum Gasteiger partial charge on any atom is 0.185 e. The summed E-state index contributed by atoms with van der Waals surface area (Å²) in [6, 6.07) is 20.3. The Labute approximate surface area is 183 Å². The zero-order chi connectivity index (χ0) is 22.2. The van der Waals surface area contributed by atoms with E-state index in [0.29, 0.717) is 11.3 Å². The van der Waals surface area contributed by atoms with Crippen molar-refractivity contribution >= 4 is 24.0 Å². The summed E-state index contributed by atoms with van der Waals surface area (Å²) in [4.78, 5) is 12.4. The van der Waals surface area contributed by atoms with Gasteiger partial charge in [0.05, 0.1) is 13.2 Å². The molecule has 0 aliphatic heterocycles. The van der Waals surface area contributed by atoms with Crippen molar-refractivity contribution in [2.24, 2.45) is 0 Å². The van der Waals surface area contributed by atoms with E-state index >= 15 is 0 Å². The number of phenols is 1. The van der Waals surface area contributed by atoms with Crippen LogP contribution >= 0.6 is 0 Å². The number of carbonyl (C=O) groups excluding carboxylic acids is 1. The van der Waals surface area contributed by atoms with Crippen LogP contribution in [0.25, 0.3) is 18.2 Å². The number of phenolic OH excluding ortho intramolecular Hbond substituents is 1. The van der Waals surface area contributed by atoms with Crippen molar-refractivity contribution in [3.63, 3.8) is 0 Å². The number of methoxy groups -OCH3 is 1. The molecule has 3 rings (SSSR count). The number of hydrogen-bond acceptors (Lipinski definition) is 4. The molecule has 3 aromatic carbocycles. The Hall–Kier alpha value is -3.79. The van der Waals surface area contributed by atoms with Gasteiger partial charge in [-0.3, -0.25) is 4.79 Å². The first-order valence-electron chi connectivity index (χ1n) is 10.1. The van der Waals surface area contributed by atoms with Gasteiger partial charge < -0.3 is 14.6 Å². The van der Waals surface area contributed by atoms with E-state index in [-0.39, 0.29) is 17.6 Å². The number of carbonyl (C=O) groups is 1. The van der Waals surface area contributed by atoms with E-state index in [0.717, 1.165) is 22.4 Å². The second-order valence-electron chi connectivity index (χ2n) is 7.32. The highest BCUT2D eigenvalue weighted by molar-refractivity contribution is 6.06. The first kappa shape index (κ1) is 21.9. The molecule has 0 spiro atoms. The lowest BCUT2D eigenvalue weighted by molar-refractivity contribution is 0.104.